The van der Waals surface area contributed by atoms with E-state index in [4.69, 9.17) is 4.74 Å². The summed E-state index contributed by atoms with van der Waals surface area (Å²) in [6.07, 6.45) is 0. The average molecular weight is 354 g/mol. The molecule has 0 fully saturated rings. The van der Waals surface area contributed by atoms with Crippen LogP contribution >= 0.6 is 0 Å². The summed E-state index contributed by atoms with van der Waals surface area (Å²) in [6.45, 7) is 1.81. The Kier molecular flexibility index (Phi) is 4.54. The van der Waals surface area contributed by atoms with Crippen molar-refractivity contribution in [2.45, 2.75) is 6.92 Å². The second-order valence-electron chi connectivity index (χ2n) is 6.18. The highest BCUT2D eigenvalue weighted by molar-refractivity contribution is 5.85. The molecule has 3 aromatic carbocycles. The minimum absolute atomic E-state index is 0.195. The van der Waals surface area contributed by atoms with Gasteiger partial charge in [-0.15, -0.1) is 0 Å². The maximum Gasteiger partial charge on any atom is 0.267 e. The number of H-pyrrole nitrogens is 1. The van der Waals surface area contributed by atoms with Crippen LogP contribution in [0, 0.1) is 6.92 Å². The number of ether oxygens (including phenoxy) is 1. The molecule has 4 aromatic rings. The van der Waals surface area contributed by atoms with E-state index in [2.05, 4.69) is 10.2 Å². The minimum Gasteiger partial charge on any atom is -0.457 e. The van der Waals surface area contributed by atoms with E-state index >= 15 is 0 Å². The molecular weight excluding hydrogens is 336 g/mol. The van der Waals surface area contributed by atoms with Gasteiger partial charge in [-0.1, -0.05) is 60.7 Å². The second-order valence-corrected chi connectivity index (χ2v) is 6.18. The van der Waals surface area contributed by atoms with Gasteiger partial charge in [0.25, 0.3) is 5.56 Å². The van der Waals surface area contributed by atoms with Crippen LogP contribution in [0.25, 0.3) is 22.4 Å². The molecule has 0 bridgehead atoms. The van der Waals surface area contributed by atoms with E-state index in [0.717, 1.165) is 22.4 Å². The van der Waals surface area contributed by atoms with Crippen molar-refractivity contribution in [1.29, 1.82) is 0 Å². The standard InChI is InChI=1S/C23H18N2O2/c1-16-21(17-10-4-2-5-11-17)22(24-25-23(16)26)19-14-8-9-15-20(19)27-18-12-6-3-7-13-18/h2-15H,1H3,(H,25,26). The van der Waals surface area contributed by atoms with Crippen LogP contribution in [0.2, 0.25) is 0 Å². The van der Waals surface area contributed by atoms with Crippen molar-refractivity contribution >= 4 is 0 Å². The van der Waals surface area contributed by atoms with Crippen molar-refractivity contribution in [3.63, 3.8) is 0 Å². The number of rotatable bonds is 4. The molecule has 0 aliphatic carbocycles. The van der Waals surface area contributed by atoms with Gasteiger partial charge in [0.15, 0.2) is 0 Å². The van der Waals surface area contributed by atoms with Crippen molar-refractivity contribution in [2.24, 2.45) is 0 Å². The zero-order valence-corrected chi connectivity index (χ0v) is 14.8. The van der Waals surface area contributed by atoms with Crippen LogP contribution in [-0.2, 0) is 0 Å². The number of para-hydroxylation sites is 2. The molecule has 4 rings (SSSR count). The summed E-state index contributed by atoms with van der Waals surface area (Å²) < 4.78 is 6.09. The van der Waals surface area contributed by atoms with E-state index in [1.54, 1.807) is 0 Å². The van der Waals surface area contributed by atoms with Crippen molar-refractivity contribution in [3.05, 3.63) is 101 Å². The Morgan fingerprint density at radius 1 is 0.815 bits per heavy atom. The lowest BCUT2D eigenvalue weighted by molar-refractivity contribution is 0.484. The molecule has 1 heterocycles. The van der Waals surface area contributed by atoms with Crippen LogP contribution in [-0.4, -0.2) is 10.2 Å². The van der Waals surface area contributed by atoms with Crippen molar-refractivity contribution < 1.29 is 4.74 Å². The molecule has 1 N–H and O–H groups in total. The Balaban J connectivity index is 1.91. The van der Waals surface area contributed by atoms with Gasteiger partial charge in [-0.05, 0) is 36.8 Å². The normalized spacial score (nSPS) is 10.6. The number of hydrogen-bond donors (Lipinski definition) is 1. The SMILES string of the molecule is Cc1c(-c2ccccc2)c(-c2ccccc2Oc2ccccc2)n[nH]c1=O. The quantitative estimate of drug-likeness (QED) is 0.548. The van der Waals surface area contributed by atoms with Crippen LogP contribution < -0.4 is 10.3 Å². The smallest absolute Gasteiger partial charge is 0.267 e. The maximum atomic E-state index is 12.2. The molecule has 0 radical (unpaired) electrons. The Morgan fingerprint density at radius 3 is 2.19 bits per heavy atom. The minimum atomic E-state index is -0.195. The third-order valence-corrected chi connectivity index (χ3v) is 4.40. The molecule has 0 spiro atoms. The van der Waals surface area contributed by atoms with E-state index in [9.17, 15) is 4.79 Å². The zero-order valence-electron chi connectivity index (χ0n) is 14.8. The summed E-state index contributed by atoms with van der Waals surface area (Å²) in [7, 11) is 0. The van der Waals surface area contributed by atoms with Gasteiger partial charge in [-0.3, -0.25) is 4.79 Å². The van der Waals surface area contributed by atoms with E-state index < -0.39 is 0 Å². The summed E-state index contributed by atoms with van der Waals surface area (Å²) in [4.78, 5) is 12.2. The van der Waals surface area contributed by atoms with Crippen molar-refractivity contribution in [2.75, 3.05) is 0 Å². The highest BCUT2D eigenvalue weighted by Gasteiger charge is 2.18. The largest absolute Gasteiger partial charge is 0.457 e. The number of nitrogens with one attached hydrogen (secondary N) is 1. The summed E-state index contributed by atoms with van der Waals surface area (Å²) in [5, 5.41) is 6.98. The molecule has 0 amide bonds. The molecule has 27 heavy (non-hydrogen) atoms. The van der Waals surface area contributed by atoms with E-state index in [0.29, 0.717) is 17.0 Å². The highest BCUT2D eigenvalue weighted by Crippen LogP contribution is 2.37. The first-order chi connectivity index (χ1) is 13.2. The molecular formula is C23H18N2O2. The fourth-order valence-corrected chi connectivity index (χ4v) is 3.06. The number of benzene rings is 3. The molecule has 0 saturated carbocycles. The van der Waals surface area contributed by atoms with Gasteiger partial charge in [0.05, 0.1) is 0 Å². The van der Waals surface area contributed by atoms with Gasteiger partial charge in [0.1, 0.15) is 17.2 Å². The van der Waals surface area contributed by atoms with Crippen LogP contribution in [0.15, 0.2) is 89.7 Å². The van der Waals surface area contributed by atoms with Gasteiger partial charge >= 0.3 is 0 Å². The molecule has 1 aromatic heterocycles. The lowest BCUT2D eigenvalue weighted by Gasteiger charge is -2.15. The molecule has 4 nitrogen and oxygen atoms in total. The lowest BCUT2D eigenvalue weighted by atomic mass is 9.96. The van der Waals surface area contributed by atoms with Crippen molar-refractivity contribution in [3.8, 4) is 33.9 Å². The fourth-order valence-electron chi connectivity index (χ4n) is 3.06. The first-order valence-electron chi connectivity index (χ1n) is 8.71. The van der Waals surface area contributed by atoms with Crippen LogP contribution in [0.1, 0.15) is 5.56 Å². The number of hydrogen-bond acceptors (Lipinski definition) is 3. The Morgan fingerprint density at radius 2 is 1.44 bits per heavy atom. The maximum absolute atomic E-state index is 12.2. The fraction of sp³-hybridized carbons (Fsp3) is 0.0435. The van der Waals surface area contributed by atoms with E-state index in [1.165, 1.54) is 0 Å². The van der Waals surface area contributed by atoms with Gasteiger partial charge in [0, 0.05) is 16.7 Å². The predicted octanol–water partition coefficient (Wildman–Crippen LogP) is 5.20. The van der Waals surface area contributed by atoms with Gasteiger partial charge < -0.3 is 4.74 Å². The topological polar surface area (TPSA) is 55.0 Å². The summed E-state index contributed by atoms with van der Waals surface area (Å²) >= 11 is 0. The molecule has 0 aliphatic heterocycles. The summed E-state index contributed by atoms with van der Waals surface area (Å²) in [6, 6.07) is 27.1. The molecule has 4 heteroatoms. The first-order valence-corrected chi connectivity index (χ1v) is 8.71. The monoisotopic (exact) mass is 354 g/mol. The molecule has 0 atom stereocenters. The van der Waals surface area contributed by atoms with Crippen LogP contribution in [0.3, 0.4) is 0 Å². The molecule has 0 saturated heterocycles. The van der Waals surface area contributed by atoms with Crippen LogP contribution in [0.4, 0.5) is 0 Å². The van der Waals surface area contributed by atoms with E-state index in [1.807, 2.05) is 91.9 Å². The third kappa shape index (κ3) is 3.37. The molecule has 0 unspecified atom stereocenters. The Hall–Kier alpha value is -3.66. The predicted molar refractivity (Wildman–Crippen MR) is 107 cm³/mol. The average Bonchev–Trinajstić information content (AvgIpc) is 2.72. The third-order valence-electron chi connectivity index (χ3n) is 4.40. The molecule has 132 valence electrons. The highest BCUT2D eigenvalue weighted by atomic mass is 16.5. The number of nitrogens with zero attached hydrogens (tertiary/aromatic N) is 1. The number of aromatic amines is 1. The Bertz CT molecular complexity index is 1120. The van der Waals surface area contributed by atoms with Gasteiger partial charge in [-0.25, -0.2) is 5.10 Å². The van der Waals surface area contributed by atoms with Crippen LogP contribution in [0.5, 0.6) is 11.5 Å². The van der Waals surface area contributed by atoms with Gasteiger partial charge in [0.2, 0.25) is 0 Å². The summed E-state index contributed by atoms with van der Waals surface area (Å²) in [5.41, 5.74) is 3.69. The first kappa shape index (κ1) is 16.8. The van der Waals surface area contributed by atoms with E-state index in [-0.39, 0.29) is 5.56 Å². The van der Waals surface area contributed by atoms with Gasteiger partial charge in [-0.2, -0.15) is 5.10 Å². The molecule has 0 aliphatic rings. The number of aromatic nitrogens is 2. The van der Waals surface area contributed by atoms with Crippen molar-refractivity contribution in [1.82, 2.24) is 10.2 Å². The Labute approximate surface area is 157 Å². The lowest BCUT2D eigenvalue weighted by Crippen LogP contribution is -2.14. The second kappa shape index (κ2) is 7.30. The zero-order chi connectivity index (χ0) is 18.6. The summed E-state index contributed by atoms with van der Waals surface area (Å²) in [5.74, 6) is 1.42.